The number of aromatic nitrogens is 1. The Kier molecular flexibility index (Phi) is 13.0. The number of para-hydroxylation sites is 1. The number of carbonyl (C=O) groups excluding carboxylic acids is 3. The summed E-state index contributed by atoms with van der Waals surface area (Å²) in [5.41, 5.74) is 4.12. The molecule has 0 fully saturated rings. The zero-order valence-corrected chi connectivity index (χ0v) is 29.2. The Morgan fingerprint density at radius 1 is 0.654 bits per heavy atom. The van der Waals surface area contributed by atoms with Gasteiger partial charge in [0.2, 0.25) is 11.8 Å². The van der Waals surface area contributed by atoms with Crippen LogP contribution in [0.3, 0.4) is 0 Å². The first kappa shape index (κ1) is 37.2. The number of carbonyl (C=O) groups is 4. The van der Waals surface area contributed by atoms with Crippen LogP contribution >= 0.6 is 0 Å². The van der Waals surface area contributed by atoms with Gasteiger partial charge in [-0.3, -0.25) is 9.59 Å². The molecular weight excluding hydrogens is 660 g/mol. The molecule has 5 aromatic rings. The molecule has 11 heteroatoms. The highest BCUT2D eigenvalue weighted by atomic mass is 16.5. The van der Waals surface area contributed by atoms with Gasteiger partial charge in [0.25, 0.3) is 0 Å². The van der Waals surface area contributed by atoms with Crippen molar-refractivity contribution in [1.29, 1.82) is 0 Å². The fourth-order valence-electron chi connectivity index (χ4n) is 5.78. The number of hydrogen-bond acceptors (Lipinski definition) is 6. The normalized spacial score (nSPS) is 12.8. The number of rotatable bonds is 17. The van der Waals surface area contributed by atoms with Crippen LogP contribution in [0.2, 0.25) is 0 Å². The first-order valence-corrected chi connectivity index (χ1v) is 17.3. The number of alkyl carbamates (subject to hydrolysis) is 1. The molecule has 0 aliphatic rings. The molecule has 5 N–H and O–H groups in total. The molecule has 0 unspecified atom stereocenters. The highest BCUT2D eigenvalue weighted by Crippen LogP contribution is 2.20. The average Bonchev–Trinajstić information content (AvgIpc) is 3.56. The third-order valence-corrected chi connectivity index (χ3v) is 8.49. The van der Waals surface area contributed by atoms with Gasteiger partial charge in [0.05, 0.1) is 0 Å². The van der Waals surface area contributed by atoms with Crippen molar-refractivity contribution in [3.05, 3.63) is 138 Å². The van der Waals surface area contributed by atoms with Crippen LogP contribution in [0, 0.1) is 5.92 Å². The van der Waals surface area contributed by atoms with E-state index in [9.17, 15) is 24.3 Å². The number of fused-ring (bicyclic) bond motifs is 1. The zero-order chi connectivity index (χ0) is 36.9. The van der Waals surface area contributed by atoms with E-state index in [0.29, 0.717) is 12.4 Å². The Morgan fingerprint density at radius 3 is 1.87 bits per heavy atom. The third-order valence-electron chi connectivity index (χ3n) is 8.49. The number of H-pyrrole nitrogens is 1. The molecule has 5 rings (SSSR count). The van der Waals surface area contributed by atoms with Gasteiger partial charge in [-0.25, -0.2) is 9.59 Å². The fraction of sp³-hybridized carbons (Fsp3) is 0.268. The minimum atomic E-state index is -1.17. The minimum absolute atomic E-state index is 0.00587. The summed E-state index contributed by atoms with van der Waals surface area (Å²) in [5, 5.41) is 18.8. The number of ether oxygens (including phenoxy) is 2. The smallest absolute Gasteiger partial charge is 0.408 e. The Balaban J connectivity index is 1.35. The standard InChI is InChI=1S/C41H44N4O7/c1-27(2)21-37(40(48)49)44-39(47)36(23-31-24-42-34-16-10-9-15-33(31)34)43-38(46)35(45-41(50)52-26-30-13-7-4-8-14-30)22-28-17-19-32(20-18-28)51-25-29-11-5-3-6-12-29/h3-20,24,27,35-37,42H,21-23,25-26H2,1-2H3,(H,43,46)(H,44,47)(H,45,50)(H,48,49)/t35-,36+,37-/m0/s1. The first-order valence-electron chi connectivity index (χ1n) is 17.3. The van der Waals surface area contributed by atoms with Crippen LogP contribution in [-0.4, -0.2) is 52.1 Å². The molecule has 11 nitrogen and oxygen atoms in total. The van der Waals surface area contributed by atoms with Crippen LogP contribution in [0.4, 0.5) is 4.79 Å². The van der Waals surface area contributed by atoms with Gasteiger partial charge in [-0.05, 0) is 52.8 Å². The Labute approximate surface area is 302 Å². The highest BCUT2D eigenvalue weighted by molar-refractivity contribution is 5.94. The molecule has 0 radical (unpaired) electrons. The van der Waals surface area contributed by atoms with Gasteiger partial charge in [-0.15, -0.1) is 0 Å². The lowest BCUT2D eigenvalue weighted by Crippen LogP contribution is -2.57. The number of carboxylic acid groups (broad SMARTS) is 1. The van der Waals surface area contributed by atoms with E-state index in [2.05, 4.69) is 20.9 Å². The molecule has 0 aliphatic heterocycles. The Bertz CT molecular complexity index is 1930. The second-order valence-electron chi connectivity index (χ2n) is 13.0. The summed E-state index contributed by atoms with van der Waals surface area (Å²) in [6.45, 7) is 4.11. The maximum Gasteiger partial charge on any atom is 0.408 e. The van der Waals surface area contributed by atoms with Crippen molar-refractivity contribution in [2.24, 2.45) is 5.92 Å². The van der Waals surface area contributed by atoms with E-state index >= 15 is 0 Å². The lowest BCUT2D eigenvalue weighted by Gasteiger charge is -2.25. The minimum Gasteiger partial charge on any atom is -0.489 e. The van der Waals surface area contributed by atoms with Gasteiger partial charge in [-0.2, -0.15) is 0 Å². The van der Waals surface area contributed by atoms with E-state index in [1.807, 2.05) is 98.8 Å². The van der Waals surface area contributed by atoms with Crippen molar-refractivity contribution in [2.45, 2.75) is 64.4 Å². The van der Waals surface area contributed by atoms with Gasteiger partial charge in [-0.1, -0.05) is 105 Å². The molecule has 1 aromatic heterocycles. The molecule has 0 bridgehead atoms. The maximum atomic E-state index is 14.1. The van der Waals surface area contributed by atoms with Crippen molar-refractivity contribution < 1.29 is 33.8 Å². The highest BCUT2D eigenvalue weighted by Gasteiger charge is 2.31. The zero-order valence-electron chi connectivity index (χ0n) is 29.2. The SMILES string of the molecule is CC(C)C[C@H](NC(=O)[C@@H](Cc1c[nH]c2ccccc12)NC(=O)[C@H](Cc1ccc(OCc2ccccc2)cc1)NC(=O)OCc1ccccc1)C(=O)O. The lowest BCUT2D eigenvalue weighted by molar-refractivity contribution is -0.142. The summed E-state index contributed by atoms with van der Waals surface area (Å²) in [6.07, 6.45) is 1.29. The molecule has 270 valence electrons. The van der Waals surface area contributed by atoms with E-state index in [1.54, 1.807) is 30.5 Å². The number of nitrogens with one attached hydrogen (secondary N) is 4. The summed E-state index contributed by atoms with van der Waals surface area (Å²) < 4.78 is 11.4. The number of hydrogen-bond donors (Lipinski definition) is 5. The van der Waals surface area contributed by atoms with E-state index in [4.69, 9.17) is 9.47 Å². The molecule has 1 heterocycles. The van der Waals surface area contributed by atoms with Crippen LogP contribution in [0.5, 0.6) is 5.75 Å². The van der Waals surface area contributed by atoms with Crippen molar-refractivity contribution in [1.82, 2.24) is 20.9 Å². The summed E-state index contributed by atoms with van der Waals surface area (Å²) in [4.78, 5) is 56.2. The van der Waals surface area contributed by atoms with Gasteiger partial charge in [0.15, 0.2) is 0 Å². The maximum absolute atomic E-state index is 14.1. The molecule has 0 saturated heterocycles. The van der Waals surface area contributed by atoms with E-state index in [1.165, 1.54) is 0 Å². The summed E-state index contributed by atoms with van der Waals surface area (Å²) >= 11 is 0. The Morgan fingerprint density at radius 2 is 1.23 bits per heavy atom. The molecule has 0 saturated carbocycles. The van der Waals surface area contributed by atoms with Crippen LogP contribution in [-0.2, 0) is 45.2 Å². The van der Waals surface area contributed by atoms with Crippen molar-refractivity contribution >= 4 is 34.8 Å². The number of carboxylic acids is 1. The van der Waals surface area contributed by atoms with Gasteiger partial charge in [0, 0.05) is 29.9 Å². The van der Waals surface area contributed by atoms with Crippen LogP contribution in [0.15, 0.2) is 115 Å². The topological polar surface area (TPSA) is 159 Å². The summed E-state index contributed by atoms with van der Waals surface area (Å²) in [6, 6.07) is 30.2. The van der Waals surface area contributed by atoms with Gasteiger partial charge >= 0.3 is 12.1 Å². The van der Waals surface area contributed by atoms with Crippen LogP contribution in [0.25, 0.3) is 10.9 Å². The number of amides is 3. The molecule has 3 amide bonds. The second-order valence-corrected chi connectivity index (χ2v) is 13.0. The predicted octanol–water partition coefficient (Wildman–Crippen LogP) is 5.93. The summed E-state index contributed by atoms with van der Waals surface area (Å²) in [5.74, 6) is -1.84. The largest absolute Gasteiger partial charge is 0.489 e. The molecule has 0 aliphatic carbocycles. The summed E-state index contributed by atoms with van der Waals surface area (Å²) in [7, 11) is 0. The van der Waals surface area contributed by atoms with E-state index in [0.717, 1.165) is 33.2 Å². The lowest BCUT2D eigenvalue weighted by atomic mass is 10.0. The first-order chi connectivity index (χ1) is 25.1. The number of aliphatic carboxylic acids is 1. The molecule has 3 atom stereocenters. The molecule has 0 spiro atoms. The monoisotopic (exact) mass is 704 g/mol. The van der Waals surface area contributed by atoms with Crippen molar-refractivity contribution in [2.75, 3.05) is 0 Å². The predicted molar refractivity (Wildman–Crippen MR) is 197 cm³/mol. The molecular formula is C41H44N4O7. The number of aromatic amines is 1. The van der Waals surface area contributed by atoms with E-state index in [-0.39, 0.29) is 31.8 Å². The Hall–Kier alpha value is -6.10. The van der Waals surface area contributed by atoms with Crippen molar-refractivity contribution in [3.8, 4) is 5.75 Å². The fourth-order valence-corrected chi connectivity index (χ4v) is 5.78. The van der Waals surface area contributed by atoms with E-state index < -0.39 is 42.0 Å². The number of benzene rings is 4. The van der Waals surface area contributed by atoms with Gasteiger partial charge < -0.3 is 35.5 Å². The van der Waals surface area contributed by atoms with Gasteiger partial charge in [0.1, 0.15) is 37.1 Å². The van der Waals surface area contributed by atoms with Crippen LogP contribution in [0.1, 0.15) is 42.5 Å². The third kappa shape index (κ3) is 10.9. The molecule has 52 heavy (non-hydrogen) atoms. The second kappa shape index (κ2) is 18.2. The van der Waals surface area contributed by atoms with Crippen LogP contribution < -0.4 is 20.7 Å². The molecule has 4 aromatic carbocycles. The average molecular weight is 705 g/mol. The quantitative estimate of drug-likeness (QED) is 0.0803. The van der Waals surface area contributed by atoms with Crippen molar-refractivity contribution in [3.63, 3.8) is 0 Å².